The molecule has 226 valence electrons. The summed E-state index contributed by atoms with van der Waals surface area (Å²) < 4.78 is 60.1. The van der Waals surface area contributed by atoms with Gasteiger partial charge in [-0.1, -0.05) is 46.8 Å². The molecule has 3 aliphatic rings. The average Bonchev–Trinajstić information content (AvgIpc) is 3.15. The normalized spacial score (nSPS) is 24.7. The van der Waals surface area contributed by atoms with Gasteiger partial charge in [-0.15, -0.1) is 0 Å². The van der Waals surface area contributed by atoms with E-state index in [-0.39, 0.29) is 16.6 Å². The quantitative estimate of drug-likeness (QED) is 0.363. The van der Waals surface area contributed by atoms with Crippen molar-refractivity contribution in [3.05, 3.63) is 63.5 Å². The highest BCUT2D eigenvalue weighted by Crippen LogP contribution is 2.59. The van der Waals surface area contributed by atoms with Crippen LogP contribution in [0, 0.1) is 5.41 Å². The molecule has 0 amide bonds. The van der Waals surface area contributed by atoms with Gasteiger partial charge in [0.2, 0.25) is 0 Å². The van der Waals surface area contributed by atoms with Crippen LogP contribution in [0.5, 0.6) is 0 Å². The number of halogens is 3. The van der Waals surface area contributed by atoms with Crippen LogP contribution in [-0.2, 0) is 32.1 Å². The van der Waals surface area contributed by atoms with Gasteiger partial charge in [0.1, 0.15) is 6.10 Å². The first kappa shape index (κ1) is 30.7. The minimum absolute atomic E-state index is 0.000534. The van der Waals surface area contributed by atoms with E-state index in [9.17, 15) is 18.3 Å². The molecule has 1 aliphatic carbocycles. The summed E-state index contributed by atoms with van der Waals surface area (Å²) in [6, 6.07) is 5.20. The predicted octanol–water partition coefficient (Wildman–Crippen LogP) is 8.31. The second kappa shape index (κ2) is 10.1. The van der Waals surface area contributed by atoms with Gasteiger partial charge < -0.3 is 19.0 Å². The third-order valence-corrected chi connectivity index (χ3v) is 14.1. The van der Waals surface area contributed by atoms with Crippen molar-refractivity contribution in [2.45, 2.75) is 115 Å². The maximum atomic E-state index is 13.4. The van der Waals surface area contributed by atoms with Gasteiger partial charge in [0, 0.05) is 42.9 Å². The lowest BCUT2D eigenvalue weighted by Gasteiger charge is -2.46. The molecule has 0 bridgehead atoms. The van der Waals surface area contributed by atoms with E-state index in [1.165, 1.54) is 12.1 Å². The maximum Gasteiger partial charge on any atom is 0.416 e. The van der Waals surface area contributed by atoms with E-state index >= 15 is 0 Å². The lowest BCUT2D eigenvalue weighted by atomic mass is 9.70. The molecule has 0 saturated carbocycles. The van der Waals surface area contributed by atoms with Crippen LogP contribution in [0.2, 0.25) is 18.1 Å². The summed E-state index contributed by atoms with van der Waals surface area (Å²) in [5.74, 6) is 0. The van der Waals surface area contributed by atoms with Gasteiger partial charge in [-0.2, -0.15) is 13.2 Å². The Morgan fingerprint density at radius 2 is 1.66 bits per heavy atom. The number of rotatable bonds is 4. The van der Waals surface area contributed by atoms with Crippen LogP contribution in [0.3, 0.4) is 0 Å². The summed E-state index contributed by atoms with van der Waals surface area (Å²) in [6.45, 7) is 18.4. The Labute approximate surface area is 242 Å². The van der Waals surface area contributed by atoms with Crippen LogP contribution in [0.25, 0.3) is 0 Å². The first-order chi connectivity index (χ1) is 18.9. The monoisotopic (exact) mass is 591 g/mol. The van der Waals surface area contributed by atoms with E-state index < -0.39 is 37.9 Å². The SMILES string of the molecule is CC(O)c1nc2c(c3c1[C@@H](c1ccc(C(F)(F)F)cc1)OC31CCOCC1)[C@@H](O[Si](C)(C)C(C)(C)C)CC(C)(C)C2. The van der Waals surface area contributed by atoms with E-state index in [1.54, 1.807) is 6.92 Å². The zero-order valence-electron chi connectivity index (χ0n) is 25.5. The van der Waals surface area contributed by atoms with Gasteiger partial charge in [0.05, 0.1) is 29.1 Å². The molecule has 41 heavy (non-hydrogen) atoms. The van der Waals surface area contributed by atoms with Gasteiger partial charge in [0.25, 0.3) is 0 Å². The molecule has 3 heterocycles. The molecule has 9 heteroatoms. The molecule has 5 rings (SSSR count). The zero-order chi connectivity index (χ0) is 30.2. The number of alkyl halides is 3. The van der Waals surface area contributed by atoms with Crippen molar-refractivity contribution in [3.8, 4) is 0 Å². The first-order valence-electron chi connectivity index (χ1n) is 14.7. The Balaban J connectivity index is 1.76. The Kier molecular flexibility index (Phi) is 7.59. The minimum atomic E-state index is -4.43. The Morgan fingerprint density at radius 3 is 2.20 bits per heavy atom. The van der Waals surface area contributed by atoms with Gasteiger partial charge in [-0.25, -0.2) is 0 Å². The van der Waals surface area contributed by atoms with Crippen LogP contribution < -0.4 is 0 Å². The van der Waals surface area contributed by atoms with Crippen molar-refractivity contribution in [1.82, 2.24) is 4.98 Å². The summed E-state index contributed by atoms with van der Waals surface area (Å²) in [7, 11) is -2.21. The Bertz CT molecular complexity index is 1290. The summed E-state index contributed by atoms with van der Waals surface area (Å²) >= 11 is 0. The molecular weight excluding hydrogens is 547 g/mol. The van der Waals surface area contributed by atoms with E-state index in [4.69, 9.17) is 18.9 Å². The topological polar surface area (TPSA) is 60.8 Å². The number of aliphatic hydroxyl groups excluding tert-OH is 1. The lowest BCUT2D eigenvalue weighted by Crippen LogP contribution is -2.45. The predicted molar refractivity (Wildman–Crippen MR) is 154 cm³/mol. The van der Waals surface area contributed by atoms with Gasteiger partial charge in [0.15, 0.2) is 8.32 Å². The third kappa shape index (κ3) is 5.53. The number of nitrogens with zero attached hydrogens (tertiary/aromatic N) is 1. The zero-order valence-corrected chi connectivity index (χ0v) is 26.5. The van der Waals surface area contributed by atoms with Crippen LogP contribution >= 0.6 is 0 Å². The number of fused-ring (bicyclic) bond motifs is 4. The molecule has 1 N–H and O–H groups in total. The molecule has 5 nitrogen and oxygen atoms in total. The number of hydrogen-bond donors (Lipinski definition) is 1. The number of pyridine rings is 1. The largest absolute Gasteiger partial charge is 0.416 e. The maximum absolute atomic E-state index is 13.4. The molecule has 2 aliphatic heterocycles. The number of hydrogen-bond acceptors (Lipinski definition) is 5. The van der Waals surface area contributed by atoms with E-state index in [0.717, 1.165) is 47.4 Å². The molecule has 1 saturated heterocycles. The number of benzene rings is 1. The fourth-order valence-corrected chi connectivity index (χ4v) is 7.76. The van der Waals surface area contributed by atoms with Crippen molar-refractivity contribution in [1.29, 1.82) is 0 Å². The minimum Gasteiger partial charge on any atom is -0.410 e. The summed E-state index contributed by atoms with van der Waals surface area (Å²) in [6.07, 6.45) is -3.37. The smallest absolute Gasteiger partial charge is 0.410 e. The number of ether oxygens (including phenoxy) is 2. The molecule has 1 fully saturated rings. The standard InChI is InChI=1S/C32H44F3NO4Si/c1-19(37)27-25-26(24-22(36-27)17-30(5,6)18-23(24)40-41(7,8)29(2,3)4)31(13-15-38-16-14-31)39-28(25)20-9-11-21(12-10-20)32(33,34)35/h9-12,19,23,28,37H,13-18H2,1-8H3/t19?,23-,28+/m0/s1. The summed E-state index contributed by atoms with van der Waals surface area (Å²) in [4.78, 5) is 5.13. The summed E-state index contributed by atoms with van der Waals surface area (Å²) in [5, 5.41) is 11.1. The lowest BCUT2D eigenvalue weighted by molar-refractivity contribution is -0.137. The highest BCUT2D eigenvalue weighted by Gasteiger charge is 2.54. The van der Waals surface area contributed by atoms with E-state index in [0.29, 0.717) is 37.3 Å². The Morgan fingerprint density at radius 1 is 1.05 bits per heavy atom. The van der Waals surface area contributed by atoms with E-state index in [1.807, 2.05) is 0 Å². The number of aromatic nitrogens is 1. The first-order valence-corrected chi connectivity index (χ1v) is 17.6. The van der Waals surface area contributed by atoms with Crippen molar-refractivity contribution in [2.24, 2.45) is 5.41 Å². The van der Waals surface area contributed by atoms with Gasteiger partial charge in [-0.05, 0) is 66.6 Å². The fraction of sp³-hybridized carbons (Fsp3) is 0.656. The molecule has 1 unspecified atom stereocenters. The van der Waals surface area contributed by atoms with Crippen molar-refractivity contribution < 1.29 is 32.2 Å². The second-order valence-electron chi connectivity index (χ2n) is 14.5. The second-order valence-corrected chi connectivity index (χ2v) is 19.2. The molecule has 1 aromatic heterocycles. The van der Waals surface area contributed by atoms with Crippen LogP contribution in [-0.4, -0.2) is 31.6 Å². The molecule has 1 spiro atoms. The van der Waals surface area contributed by atoms with Gasteiger partial charge >= 0.3 is 6.18 Å². The number of aliphatic hydroxyl groups is 1. The van der Waals surface area contributed by atoms with E-state index in [2.05, 4.69) is 47.7 Å². The van der Waals surface area contributed by atoms with Crippen molar-refractivity contribution in [3.63, 3.8) is 0 Å². The fourth-order valence-electron chi connectivity index (χ4n) is 6.50. The molecule has 3 atom stereocenters. The van der Waals surface area contributed by atoms with Crippen LogP contribution in [0.4, 0.5) is 13.2 Å². The van der Waals surface area contributed by atoms with Crippen molar-refractivity contribution >= 4 is 8.32 Å². The van der Waals surface area contributed by atoms with Crippen LogP contribution in [0.15, 0.2) is 24.3 Å². The Hall–Kier alpha value is -1.78. The highest BCUT2D eigenvalue weighted by molar-refractivity contribution is 6.74. The molecular formula is C32H44F3NO4Si. The van der Waals surface area contributed by atoms with Crippen LogP contribution in [0.1, 0.15) is 118 Å². The highest BCUT2D eigenvalue weighted by atomic mass is 28.4. The molecule has 1 aromatic carbocycles. The average molecular weight is 592 g/mol. The van der Waals surface area contributed by atoms with Gasteiger partial charge in [-0.3, -0.25) is 4.98 Å². The third-order valence-electron chi connectivity index (χ3n) is 9.63. The molecule has 0 radical (unpaired) electrons. The van der Waals surface area contributed by atoms with Crippen molar-refractivity contribution in [2.75, 3.05) is 13.2 Å². The molecule has 2 aromatic rings. The summed E-state index contributed by atoms with van der Waals surface area (Å²) in [5.41, 5.74) is 3.48.